The first-order valence-corrected chi connectivity index (χ1v) is 19.9. The molecule has 0 aliphatic carbocycles. The van der Waals surface area contributed by atoms with Crippen LogP contribution < -0.4 is 0 Å². The smallest absolute Gasteiger partial charge is 0.0743 e. The Morgan fingerprint density at radius 3 is 1.61 bits per heavy atom. The first kappa shape index (κ1) is 32.8. The lowest BCUT2D eigenvalue weighted by atomic mass is 9.60. The Bertz CT molecular complexity index is 3110. The van der Waals surface area contributed by atoms with Gasteiger partial charge in [0.25, 0.3) is 0 Å². The SMILES string of the molecule is C=C(C=CCC)C1(C(C)=CC)c2cc3c(cc2-n2c4ccccc4c4cccc1c42)C(c1ccccc1)(c1ccccc1)c1cccc2c4ccccc4n-3c12. The zero-order chi connectivity index (χ0) is 37.8. The number of rotatable bonds is 6. The molecule has 4 heterocycles. The zero-order valence-corrected chi connectivity index (χ0v) is 32.1. The molecule has 56 heavy (non-hydrogen) atoms. The van der Waals surface area contributed by atoms with Crippen LogP contribution in [-0.2, 0) is 10.8 Å². The van der Waals surface area contributed by atoms with E-state index in [4.69, 9.17) is 6.58 Å². The average molecular weight is 719 g/mol. The molecule has 2 heteroatoms. The van der Waals surface area contributed by atoms with Gasteiger partial charge in [0, 0.05) is 21.5 Å². The van der Waals surface area contributed by atoms with Crippen LogP contribution in [0.4, 0.5) is 0 Å². The van der Waals surface area contributed by atoms with Crippen LogP contribution in [0.3, 0.4) is 0 Å². The summed E-state index contributed by atoms with van der Waals surface area (Å²) in [5.41, 5.74) is 16.0. The molecule has 0 N–H and O–H groups in total. The van der Waals surface area contributed by atoms with E-state index in [1.165, 1.54) is 93.9 Å². The summed E-state index contributed by atoms with van der Waals surface area (Å²) in [7, 11) is 0. The summed E-state index contributed by atoms with van der Waals surface area (Å²) in [6, 6.07) is 59.3. The van der Waals surface area contributed by atoms with Crippen LogP contribution in [0.1, 0.15) is 60.6 Å². The van der Waals surface area contributed by atoms with Crippen molar-refractivity contribution in [1.29, 1.82) is 0 Å². The number of para-hydroxylation sites is 4. The summed E-state index contributed by atoms with van der Waals surface area (Å²) in [4.78, 5) is 0. The molecule has 0 radical (unpaired) electrons. The summed E-state index contributed by atoms with van der Waals surface area (Å²) in [5, 5.41) is 5.06. The maximum Gasteiger partial charge on any atom is 0.0743 e. The molecular formula is C54H42N2. The number of hydrogen-bond donors (Lipinski definition) is 0. The minimum Gasteiger partial charge on any atom is -0.309 e. The Kier molecular flexibility index (Phi) is 6.98. The predicted octanol–water partition coefficient (Wildman–Crippen LogP) is 13.7. The largest absolute Gasteiger partial charge is 0.309 e. The summed E-state index contributed by atoms with van der Waals surface area (Å²) in [6.07, 6.45) is 7.79. The van der Waals surface area contributed by atoms with Gasteiger partial charge in [-0.25, -0.2) is 0 Å². The van der Waals surface area contributed by atoms with Crippen LogP contribution in [0, 0.1) is 0 Å². The molecule has 1 atom stereocenters. The fourth-order valence-electron chi connectivity index (χ4n) is 10.8. The van der Waals surface area contributed by atoms with Crippen molar-refractivity contribution in [2.75, 3.05) is 0 Å². The van der Waals surface area contributed by atoms with E-state index in [0.717, 1.165) is 12.0 Å². The van der Waals surface area contributed by atoms with Crippen LogP contribution in [0.15, 0.2) is 194 Å². The summed E-state index contributed by atoms with van der Waals surface area (Å²) in [5.74, 6) is 0. The van der Waals surface area contributed by atoms with Gasteiger partial charge in [0.05, 0.1) is 44.3 Å². The fourth-order valence-corrected chi connectivity index (χ4v) is 10.8. The van der Waals surface area contributed by atoms with Crippen LogP contribution in [0.2, 0.25) is 0 Å². The molecule has 2 aliphatic heterocycles. The second kappa shape index (κ2) is 11.9. The van der Waals surface area contributed by atoms with Crippen LogP contribution in [0.25, 0.3) is 55.0 Å². The van der Waals surface area contributed by atoms with E-state index in [-0.39, 0.29) is 0 Å². The molecule has 0 bridgehead atoms. The van der Waals surface area contributed by atoms with Crippen molar-refractivity contribution >= 4 is 43.6 Å². The minimum absolute atomic E-state index is 0.615. The molecule has 11 rings (SSSR count). The minimum atomic E-state index is -0.618. The van der Waals surface area contributed by atoms with Gasteiger partial charge >= 0.3 is 0 Å². The van der Waals surface area contributed by atoms with Crippen LogP contribution in [0.5, 0.6) is 0 Å². The number of nitrogens with zero attached hydrogens (tertiary/aromatic N) is 2. The number of benzene rings is 7. The molecule has 0 saturated carbocycles. The van der Waals surface area contributed by atoms with Gasteiger partial charge in [-0.1, -0.05) is 171 Å². The molecule has 9 aromatic rings. The average Bonchev–Trinajstić information content (AvgIpc) is 3.78. The van der Waals surface area contributed by atoms with Crippen molar-refractivity contribution in [2.45, 2.75) is 38.0 Å². The third kappa shape index (κ3) is 3.91. The lowest BCUT2D eigenvalue weighted by Crippen LogP contribution is -2.39. The first-order chi connectivity index (χ1) is 27.6. The molecule has 1 unspecified atom stereocenters. The molecular weight excluding hydrogens is 677 g/mol. The van der Waals surface area contributed by atoms with E-state index in [1.807, 2.05) is 0 Å². The molecule has 0 saturated heterocycles. The number of fused-ring (bicyclic) bond motifs is 10. The van der Waals surface area contributed by atoms with Crippen molar-refractivity contribution in [2.24, 2.45) is 0 Å². The van der Waals surface area contributed by atoms with Crippen molar-refractivity contribution in [3.8, 4) is 11.4 Å². The highest BCUT2D eigenvalue weighted by molar-refractivity contribution is 6.14. The van der Waals surface area contributed by atoms with Gasteiger partial charge in [0.15, 0.2) is 0 Å². The standard InChI is InChI=1S/C54H42N2/c1-5-7-20-36(4)53(35(3)6-2)43-29-18-27-41-39-25-14-16-31-47(39)55(51(41)43)49-34-46-50(33-45(49)53)56-48-32-17-15-26-40(48)42-28-19-30-44(52(42)56)54(46,37-21-10-8-11-22-37)38-23-12-9-13-24-38/h6-34H,4-5H2,1-3H3. The Morgan fingerprint density at radius 1 is 0.554 bits per heavy atom. The lowest BCUT2D eigenvalue weighted by Gasteiger charge is -2.46. The van der Waals surface area contributed by atoms with Gasteiger partial charge in [0.1, 0.15) is 0 Å². The Hall–Kier alpha value is -6.64. The molecule has 0 spiro atoms. The van der Waals surface area contributed by atoms with E-state index >= 15 is 0 Å². The maximum absolute atomic E-state index is 4.98. The van der Waals surface area contributed by atoms with E-state index in [0.29, 0.717) is 0 Å². The zero-order valence-electron chi connectivity index (χ0n) is 32.1. The molecule has 2 aliphatic rings. The Morgan fingerprint density at radius 2 is 1.04 bits per heavy atom. The van der Waals surface area contributed by atoms with Gasteiger partial charge in [-0.05, 0) is 83.5 Å². The number of hydrogen-bond acceptors (Lipinski definition) is 0. The van der Waals surface area contributed by atoms with E-state index in [1.54, 1.807) is 0 Å². The molecule has 268 valence electrons. The second-order valence-electron chi connectivity index (χ2n) is 15.5. The third-order valence-electron chi connectivity index (χ3n) is 13.1. The van der Waals surface area contributed by atoms with Gasteiger partial charge in [0.2, 0.25) is 0 Å². The normalized spacial score (nSPS) is 16.9. The van der Waals surface area contributed by atoms with Gasteiger partial charge in [-0.15, -0.1) is 0 Å². The lowest BCUT2D eigenvalue weighted by molar-refractivity contribution is 0.692. The first-order valence-electron chi connectivity index (χ1n) is 19.9. The van der Waals surface area contributed by atoms with Gasteiger partial charge in [-0.2, -0.15) is 0 Å². The molecule has 0 amide bonds. The van der Waals surface area contributed by atoms with Crippen LogP contribution >= 0.6 is 0 Å². The highest BCUT2D eigenvalue weighted by atomic mass is 15.0. The van der Waals surface area contributed by atoms with Crippen molar-refractivity contribution in [3.63, 3.8) is 0 Å². The van der Waals surface area contributed by atoms with Crippen molar-refractivity contribution < 1.29 is 0 Å². The van der Waals surface area contributed by atoms with E-state index in [2.05, 4.69) is 206 Å². The summed E-state index contributed by atoms with van der Waals surface area (Å²) in [6.45, 7) is 11.7. The highest BCUT2D eigenvalue weighted by Gasteiger charge is 2.50. The van der Waals surface area contributed by atoms with E-state index < -0.39 is 10.8 Å². The highest BCUT2D eigenvalue weighted by Crippen LogP contribution is 2.59. The molecule has 0 fully saturated rings. The second-order valence-corrected chi connectivity index (χ2v) is 15.5. The molecule has 2 aromatic heterocycles. The van der Waals surface area contributed by atoms with Crippen molar-refractivity contribution in [1.82, 2.24) is 9.13 Å². The van der Waals surface area contributed by atoms with Crippen LogP contribution in [-0.4, -0.2) is 9.13 Å². The topological polar surface area (TPSA) is 9.86 Å². The monoisotopic (exact) mass is 718 g/mol. The fraction of sp³-hybridized carbons (Fsp3) is 0.111. The Balaban J connectivity index is 1.43. The third-order valence-corrected chi connectivity index (χ3v) is 13.1. The summed E-state index contributed by atoms with van der Waals surface area (Å²) >= 11 is 0. The van der Waals surface area contributed by atoms with Gasteiger partial charge in [-0.3, -0.25) is 0 Å². The quantitative estimate of drug-likeness (QED) is 0.120. The Labute approximate surface area is 328 Å². The van der Waals surface area contributed by atoms with Crippen molar-refractivity contribution in [3.05, 3.63) is 227 Å². The summed E-state index contributed by atoms with van der Waals surface area (Å²) < 4.78 is 5.14. The maximum atomic E-state index is 4.98. The van der Waals surface area contributed by atoms with E-state index in [9.17, 15) is 0 Å². The predicted molar refractivity (Wildman–Crippen MR) is 236 cm³/mol. The van der Waals surface area contributed by atoms with Gasteiger partial charge < -0.3 is 9.13 Å². The number of allylic oxidation sites excluding steroid dienone is 5. The molecule has 2 nitrogen and oxygen atoms in total. The molecule has 7 aromatic carbocycles. The number of aromatic nitrogens is 2.